The molecule has 3 rings (SSSR count). The fourth-order valence-corrected chi connectivity index (χ4v) is 3.39. The minimum absolute atomic E-state index is 0.355. The van der Waals surface area contributed by atoms with Gasteiger partial charge in [0.05, 0.1) is 7.11 Å². The number of benzene rings is 2. The first-order valence-electron chi connectivity index (χ1n) is 7.84. The molecule has 1 heterocycles. The van der Waals surface area contributed by atoms with Crippen LogP contribution in [0.3, 0.4) is 0 Å². The highest BCUT2D eigenvalue weighted by Crippen LogP contribution is 2.36. The monoisotopic (exact) mass is 384 g/mol. The molecule has 0 aliphatic carbocycles. The van der Waals surface area contributed by atoms with Crippen molar-refractivity contribution in [1.82, 2.24) is 25.5 Å². The normalized spacial score (nSPS) is 11.6. The third-order valence-corrected chi connectivity index (χ3v) is 4.75. The van der Waals surface area contributed by atoms with Crippen molar-refractivity contribution in [2.24, 2.45) is 5.73 Å². The first kappa shape index (κ1) is 18.4. The lowest BCUT2D eigenvalue weighted by molar-refractivity contribution is -0.119. The number of urea groups is 1. The van der Waals surface area contributed by atoms with Crippen molar-refractivity contribution in [2.45, 2.75) is 10.4 Å². The van der Waals surface area contributed by atoms with Crippen LogP contribution in [0.4, 0.5) is 4.79 Å². The number of tetrazole rings is 1. The summed E-state index contributed by atoms with van der Waals surface area (Å²) in [5.74, 6) is 0.0118. The van der Waals surface area contributed by atoms with Gasteiger partial charge in [-0.1, -0.05) is 54.2 Å². The van der Waals surface area contributed by atoms with Gasteiger partial charge < -0.3 is 10.5 Å². The van der Waals surface area contributed by atoms with E-state index in [2.05, 4.69) is 20.8 Å². The number of carbonyl (C=O) groups excluding carboxylic acids is 2. The quantitative estimate of drug-likeness (QED) is 0.620. The fraction of sp³-hybridized carbons (Fsp3) is 0.118. The average Bonchev–Trinajstić information content (AvgIpc) is 3.14. The number of rotatable bonds is 6. The third kappa shape index (κ3) is 4.23. The predicted molar refractivity (Wildman–Crippen MR) is 98.5 cm³/mol. The second-order valence-corrected chi connectivity index (χ2v) is 6.38. The molecule has 0 aliphatic rings. The van der Waals surface area contributed by atoms with Crippen LogP contribution in [-0.2, 0) is 4.79 Å². The number of amides is 3. The molecule has 0 saturated carbocycles. The Balaban J connectivity index is 1.97. The molecule has 138 valence electrons. The second kappa shape index (κ2) is 8.32. The molecule has 0 spiro atoms. The van der Waals surface area contributed by atoms with Gasteiger partial charge in [0.25, 0.3) is 0 Å². The highest BCUT2D eigenvalue weighted by molar-refractivity contribution is 8.00. The van der Waals surface area contributed by atoms with Crippen molar-refractivity contribution in [1.29, 1.82) is 0 Å². The molecule has 3 N–H and O–H groups in total. The van der Waals surface area contributed by atoms with E-state index in [-0.39, 0.29) is 0 Å². The van der Waals surface area contributed by atoms with Crippen LogP contribution in [0.1, 0.15) is 10.8 Å². The lowest BCUT2D eigenvalue weighted by Crippen LogP contribution is -2.37. The van der Waals surface area contributed by atoms with Crippen LogP contribution >= 0.6 is 11.8 Å². The van der Waals surface area contributed by atoms with Crippen LogP contribution in [0.25, 0.3) is 5.69 Å². The maximum absolute atomic E-state index is 12.5. The molecule has 0 bridgehead atoms. The first-order valence-corrected chi connectivity index (χ1v) is 8.71. The number of nitrogens with two attached hydrogens (primary N) is 1. The molecular formula is C17H16N6O3S. The number of primary amides is 1. The van der Waals surface area contributed by atoms with Crippen LogP contribution in [-0.4, -0.2) is 39.3 Å². The maximum Gasteiger partial charge on any atom is 0.318 e. The third-order valence-electron chi connectivity index (χ3n) is 3.56. The van der Waals surface area contributed by atoms with Gasteiger partial charge >= 0.3 is 6.03 Å². The van der Waals surface area contributed by atoms with Gasteiger partial charge in [-0.15, -0.1) is 5.10 Å². The topological polar surface area (TPSA) is 125 Å². The fourth-order valence-electron chi connectivity index (χ4n) is 2.40. The zero-order chi connectivity index (χ0) is 19.2. The molecule has 0 unspecified atom stereocenters. The lowest BCUT2D eigenvalue weighted by Gasteiger charge is -2.15. The van der Waals surface area contributed by atoms with Crippen molar-refractivity contribution in [2.75, 3.05) is 7.11 Å². The van der Waals surface area contributed by atoms with E-state index in [4.69, 9.17) is 10.5 Å². The predicted octanol–water partition coefficient (Wildman–Crippen LogP) is 1.70. The zero-order valence-electron chi connectivity index (χ0n) is 14.3. The summed E-state index contributed by atoms with van der Waals surface area (Å²) >= 11 is 1.09. The highest BCUT2D eigenvalue weighted by Gasteiger charge is 2.26. The molecule has 0 fully saturated rings. The van der Waals surface area contributed by atoms with Crippen LogP contribution < -0.4 is 15.8 Å². The number of hydrogen-bond acceptors (Lipinski definition) is 7. The lowest BCUT2D eigenvalue weighted by atomic mass is 10.1. The van der Waals surface area contributed by atoms with Crippen molar-refractivity contribution in [3.05, 3.63) is 60.2 Å². The molecule has 3 amide bonds. The molecule has 1 atom stereocenters. The summed E-state index contributed by atoms with van der Waals surface area (Å²) in [6.45, 7) is 0. The molecule has 2 aromatic carbocycles. The highest BCUT2D eigenvalue weighted by atomic mass is 32.2. The number of thioether (sulfide) groups is 1. The van der Waals surface area contributed by atoms with E-state index in [0.29, 0.717) is 22.2 Å². The molecule has 27 heavy (non-hydrogen) atoms. The molecule has 3 aromatic rings. The second-order valence-electron chi connectivity index (χ2n) is 5.31. The van der Waals surface area contributed by atoms with Crippen molar-refractivity contribution in [3.8, 4) is 11.4 Å². The van der Waals surface area contributed by atoms with Crippen LogP contribution in [0.5, 0.6) is 5.75 Å². The zero-order valence-corrected chi connectivity index (χ0v) is 15.1. The number of para-hydroxylation sites is 2. The Labute approximate surface area is 158 Å². The van der Waals surface area contributed by atoms with Gasteiger partial charge in [-0.2, -0.15) is 4.68 Å². The van der Waals surface area contributed by atoms with E-state index in [9.17, 15) is 9.59 Å². The SMILES string of the molecule is COc1ccccc1-n1nnnc1S[C@@H](C(=O)NC(N)=O)c1ccccc1. The van der Waals surface area contributed by atoms with Crippen molar-refractivity contribution >= 4 is 23.7 Å². The molecule has 0 radical (unpaired) electrons. The van der Waals surface area contributed by atoms with Crippen LogP contribution in [0.2, 0.25) is 0 Å². The van der Waals surface area contributed by atoms with Crippen molar-refractivity contribution < 1.29 is 14.3 Å². The summed E-state index contributed by atoms with van der Waals surface area (Å²) in [6.07, 6.45) is 0. The summed E-state index contributed by atoms with van der Waals surface area (Å²) in [5.41, 5.74) is 6.40. The number of hydrogen-bond donors (Lipinski definition) is 2. The Morgan fingerprint density at radius 1 is 1.15 bits per heavy atom. The van der Waals surface area contributed by atoms with E-state index in [1.165, 1.54) is 4.68 Å². The summed E-state index contributed by atoms with van der Waals surface area (Å²) in [7, 11) is 1.54. The Bertz CT molecular complexity index is 947. The van der Waals surface area contributed by atoms with Gasteiger partial charge in [-0.05, 0) is 28.1 Å². The molecule has 1 aromatic heterocycles. The Morgan fingerprint density at radius 2 is 1.85 bits per heavy atom. The van der Waals surface area contributed by atoms with Crippen LogP contribution in [0.15, 0.2) is 59.8 Å². The number of imide groups is 1. The van der Waals surface area contributed by atoms with Gasteiger partial charge in [0, 0.05) is 0 Å². The summed E-state index contributed by atoms with van der Waals surface area (Å²) < 4.78 is 6.82. The van der Waals surface area contributed by atoms with E-state index in [1.54, 1.807) is 43.5 Å². The number of ether oxygens (including phenoxy) is 1. The van der Waals surface area contributed by atoms with Gasteiger partial charge in [-0.3, -0.25) is 10.1 Å². The van der Waals surface area contributed by atoms with Crippen LogP contribution in [0, 0.1) is 0 Å². The number of nitrogens with one attached hydrogen (secondary N) is 1. The number of aromatic nitrogens is 4. The van der Waals surface area contributed by atoms with E-state index >= 15 is 0 Å². The summed E-state index contributed by atoms with van der Waals surface area (Å²) in [4.78, 5) is 23.7. The number of nitrogens with zero attached hydrogens (tertiary/aromatic N) is 4. The van der Waals surface area contributed by atoms with Gasteiger partial charge in [0.15, 0.2) is 0 Å². The largest absolute Gasteiger partial charge is 0.494 e. The van der Waals surface area contributed by atoms with Gasteiger partial charge in [-0.25, -0.2) is 4.79 Å². The first-order chi connectivity index (χ1) is 13.1. The maximum atomic E-state index is 12.5. The smallest absolute Gasteiger partial charge is 0.318 e. The minimum atomic E-state index is -0.925. The Morgan fingerprint density at radius 3 is 2.56 bits per heavy atom. The molecule has 0 aliphatic heterocycles. The Kier molecular flexibility index (Phi) is 5.67. The molecule has 10 heteroatoms. The minimum Gasteiger partial charge on any atom is -0.494 e. The van der Waals surface area contributed by atoms with Gasteiger partial charge in [0.2, 0.25) is 11.1 Å². The number of carbonyl (C=O) groups is 2. The van der Waals surface area contributed by atoms with E-state index < -0.39 is 17.2 Å². The Hall–Kier alpha value is -3.40. The van der Waals surface area contributed by atoms with Gasteiger partial charge in [0.1, 0.15) is 16.7 Å². The van der Waals surface area contributed by atoms with E-state index in [0.717, 1.165) is 11.8 Å². The molecule has 0 saturated heterocycles. The summed E-state index contributed by atoms with van der Waals surface area (Å²) in [6, 6.07) is 15.3. The standard InChI is InChI=1S/C17H16N6O3S/c1-26-13-10-6-5-9-12(13)23-17(20-21-22-23)27-14(15(24)19-16(18)25)11-7-3-2-4-8-11/h2-10,14H,1H3,(H3,18,19,24,25)/t14-/m1/s1. The average molecular weight is 384 g/mol. The van der Waals surface area contributed by atoms with E-state index in [1.807, 2.05) is 18.2 Å². The summed E-state index contributed by atoms with van der Waals surface area (Å²) in [5, 5.41) is 13.4. The molecule has 9 nitrogen and oxygen atoms in total. The number of methoxy groups -OCH3 is 1. The van der Waals surface area contributed by atoms with Crippen molar-refractivity contribution in [3.63, 3.8) is 0 Å². The molecular weight excluding hydrogens is 368 g/mol.